The average molecular weight is 374 g/mol. The lowest BCUT2D eigenvalue weighted by Crippen LogP contribution is -2.41. The van der Waals surface area contributed by atoms with Crippen LogP contribution in [0.25, 0.3) is 0 Å². The number of carbonyl (C=O) groups excluding carboxylic acids is 2. The van der Waals surface area contributed by atoms with Gasteiger partial charge >= 0.3 is 6.03 Å². The second-order valence-electron chi connectivity index (χ2n) is 5.84. The van der Waals surface area contributed by atoms with Crippen molar-refractivity contribution in [2.75, 3.05) is 0 Å². The summed E-state index contributed by atoms with van der Waals surface area (Å²) in [4.78, 5) is 26.4. The van der Waals surface area contributed by atoms with Crippen LogP contribution in [-0.2, 0) is 16.9 Å². The molecular formula is C18H13Cl2N3O2. The third-order valence-corrected chi connectivity index (χ3v) is 4.76. The molecule has 5 nitrogen and oxygen atoms in total. The minimum atomic E-state index is -1.29. The van der Waals surface area contributed by atoms with E-state index < -0.39 is 17.5 Å². The van der Waals surface area contributed by atoms with Crippen molar-refractivity contribution in [3.8, 4) is 6.07 Å². The summed E-state index contributed by atoms with van der Waals surface area (Å²) in [6.07, 6.45) is 0. The summed E-state index contributed by atoms with van der Waals surface area (Å²) in [5.41, 5.74) is 0.189. The molecule has 0 aliphatic carbocycles. The standard InChI is InChI=1S/C18H13Cl2N3O2/c1-18(14-7-6-13(19)8-15(14)20)16(24)23(17(25)22-18)10-12-5-3-2-4-11(12)9-21/h2-8H,10H2,1H3,(H,22,25)/t18-/m1/s1. The number of nitrogens with zero attached hydrogens (tertiary/aromatic N) is 2. The highest BCUT2D eigenvalue weighted by Crippen LogP contribution is 2.35. The van der Waals surface area contributed by atoms with E-state index in [4.69, 9.17) is 23.2 Å². The molecule has 126 valence electrons. The van der Waals surface area contributed by atoms with Crippen molar-refractivity contribution in [1.29, 1.82) is 5.26 Å². The van der Waals surface area contributed by atoms with E-state index >= 15 is 0 Å². The lowest BCUT2D eigenvalue weighted by atomic mass is 9.92. The van der Waals surface area contributed by atoms with E-state index in [9.17, 15) is 14.9 Å². The maximum atomic E-state index is 12.9. The van der Waals surface area contributed by atoms with Gasteiger partial charge < -0.3 is 5.32 Å². The summed E-state index contributed by atoms with van der Waals surface area (Å²) in [6, 6.07) is 13.1. The number of amides is 3. The molecule has 1 N–H and O–H groups in total. The van der Waals surface area contributed by atoms with E-state index in [1.807, 2.05) is 0 Å². The van der Waals surface area contributed by atoms with E-state index in [1.54, 1.807) is 43.3 Å². The monoisotopic (exact) mass is 373 g/mol. The van der Waals surface area contributed by atoms with Gasteiger partial charge in [0.1, 0.15) is 5.54 Å². The Kier molecular flexibility index (Phi) is 4.42. The number of nitriles is 1. The molecule has 1 aliphatic heterocycles. The number of hydrogen-bond donors (Lipinski definition) is 1. The Hall–Kier alpha value is -2.55. The van der Waals surface area contributed by atoms with Gasteiger partial charge in [0.15, 0.2) is 0 Å². The lowest BCUT2D eigenvalue weighted by molar-refractivity contribution is -0.131. The van der Waals surface area contributed by atoms with Gasteiger partial charge in [0, 0.05) is 15.6 Å². The van der Waals surface area contributed by atoms with Crippen molar-refractivity contribution in [2.45, 2.75) is 19.0 Å². The van der Waals surface area contributed by atoms with Gasteiger partial charge in [-0.1, -0.05) is 47.5 Å². The van der Waals surface area contributed by atoms with E-state index in [0.717, 1.165) is 4.90 Å². The van der Waals surface area contributed by atoms with Gasteiger partial charge in [0.2, 0.25) is 0 Å². The van der Waals surface area contributed by atoms with Crippen LogP contribution in [0, 0.1) is 11.3 Å². The van der Waals surface area contributed by atoms with E-state index in [2.05, 4.69) is 11.4 Å². The Morgan fingerprint density at radius 1 is 1.20 bits per heavy atom. The van der Waals surface area contributed by atoms with Crippen molar-refractivity contribution in [1.82, 2.24) is 10.2 Å². The highest BCUT2D eigenvalue weighted by Gasteiger charge is 2.49. The molecule has 1 fully saturated rings. The zero-order chi connectivity index (χ0) is 18.2. The number of imide groups is 1. The van der Waals surface area contributed by atoms with Crippen LogP contribution in [0.4, 0.5) is 4.79 Å². The quantitative estimate of drug-likeness (QED) is 0.830. The Balaban J connectivity index is 1.96. The second kappa shape index (κ2) is 6.40. The molecule has 1 atom stereocenters. The van der Waals surface area contributed by atoms with Gasteiger partial charge in [-0.05, 0) is 30.7 Å². The molecule has 2 aromatic carbocycles. The Morgan fingerprint density at radius 3 is 2.60 bits per heavy atom. The van der Waals surface area contributed by atoms with Gasteiger partial charge in [-0.25, -0.2) is 4.79 Å². The third-order valence-electron chi connectivity index (χ3n) is 4.21. The minimum absolute atomic E-state index is 0.00913. The van der Waals surface area contributed by atoms with Crippen molar-refractivity contribution in [3.05, 3.63) is 69.2 Å². The van der Waals surface area contributed by atoms with Crippen molar-refractivity contribution in [3.63, 3.8) is 0 Å². The molecule has 0 bridgehead atoms. The highest BCUT2D eigenvalue weighted by molar-refractivity contribution is 6.35. The molecule has 3 amide bonds. The predicted molar refractivity (Wildman–Crippen MR) is 94.1 cm³/mol. The number of benzene rings is 2. The van der Waals surface area contributed by atoms with Crippen LogP contribution >= 0.6 is 23.2 Å². The molecule has 0 unspecified atom stereocenters. The zero-order valence-corrected chi connectivity index (χ0v) is 14.7. The first-order valence-electron chi connectivity index (χ1n) is 7.44. The van der Waals surface area contributed by atoms with E-state index in [1.165, 1.54) is 6.07 Å². The Labute approximate surface area is 154 Å². The molecule has 3 rings (SSSR count). The summed E-state index contributed by atoms with van der Waals surface area (Å²) in [5.74, 6) is -0.436. The molecule has 25 heavy (non-hydrogen) atoms. The molecule has 0 aromatic heterocycles. The topological polar surface area (TPSA) is 73.2 Å². The molecule has 0 spiro atoms. The summed E-state index contributed by atoms with van der Waals surface area (Å²) in [7, 11) is 0. The fraction of sp³-hybridized carbons (Fsp3) is 0.167. The number of halogens is 2. The number of hydrogen-bond acceptors (Lipinski definition) is 3. The predicted octanol–water partition coefficient (Wildman–Crippen LogP) is 3.83. The fourth-order valence-corrected chi connectivity index (χ4v) is 3.45. The first-order valence-corrected chi connectivity index (χ1v) is 8.20. The summed E-state index contributed by atoms with van der Waals surface area (Å²) < 4.78 is 0. The van der Waals surface area contributed by atoms with Crippen LogP contribution < -0.4 is 5.32 Å². The normalized spacial score (nSPS) is 19.7. The molecule has 2 aromatic rings. The second-order valence-corrected chi connectivity index (χ2v) is 6.68. The van der Waals surface area contributed by atoms with Crippen molar-refractivity contribution >= 4 is 35.1 Å². The number of carbonyl (C=O) groups is 2. The SMILES string of the molecule is C[C@]1(c2ccc(Cl)cc2Cl)NC(=O)N(Cc2ccccc2C#N)C1=O. The van der Waals surface area contributed by atoms with Crippen molar-refractivity contribution < 1.29 is 9.59 Å². The molecule has 0 saturated carbocycles. The average Bonchev–Trinajstić information content (AvgIpc) is 2.79. The largest absolute Gasteiger partial charge is 0.325 e. The highest BCUT2D eigenvalue weighted by atomic mass is 35.5. The molecular weight excluding hydrogens is 361 g/mol. The van der Waals surface area contributed by atoms with Crippen LogP contribution in [-0.4, -0.2) is 16.8 Å². The van der Waals surface area contributed by atoms with Gasteiger partial charge in [0.25, 0.3) is 5.91 Å². The number of rotatable bonds is 3. The van der Waals surface area contributed by atoms with Crippen LogP contribution in [0.2, 0.25) is 10.0 Å². The first-order chi connectivity index (χ1) is 11.9. The van der Waals surface area contributed by atoms with Crippen LogP contribution in [0.3, 0.4) is 0 Å². The van der Waals surface area contributed by atoms with Gasteiger partial charge in [-0.15, -0.1) is 0 Å². The van der Waals surface area contributed by atoms with Gasteiger partial charge in [-0.3, -0.25) is 9.69 Å². The van der Waals surface area contributed by atoms with Crippen LogP contribution in [0.5, 0.6) is 0 Å². The number of nitrogens with one attached hydrogen (secondary N) is 1. The fourth-order valence-electron chi connectivity index (χ4n) is 2.86. The molecule has 7 heteroatoms. The van der Waals surface area contributed by atoms with E-state index in [-0.39, 0.29) is 6.54 Å². The van der Waals surface area contributed by atoms with Gasteiger partial charge in [0.05, 0.1) is 18.2 Å². The van der Waals surface area contributed by atoms with E-state index in [0.29, 0.717) is 26.7 Å². The maximum Gasteiger partial charge on any atom is 0.325 e. The number of urea groups is 1. The van der Waals surface area contributed by atoms with Crippen LogP contribution in [0.15, 0.2) is 42.5 Å². The maximum absolute atomic E-state index is 12.9. The van der Waals surface area contributed by atoms with Crippen molar-refractivity contribution in [2.24, 2.45) is 0 Å². The van der Waals surface area contributed by atoms with Gasteiger partial charge in [-0.2, -0.15) is 5.26 Å². The third kappa shape index (κ3) is 2.95. The summed E-state index contributed by atoms with van der Waals surface area (Å²) >= 11 is 12.1. The minimum Gasteiger partial charge on any atom is -0.319 e. The lowest BCUT2D eigenvalue weighted by Gasteiger charge is -2.23. The molecule has 1 aliphatic rings. The first kappa shape index (κ1) is 17.3. The summed E-state index contributed by atoms with van der Waals surface area (Å²) in [5, 5.41) is 12.6. The Bertz CT molecular complexity index is 923. The zero-order valence-electron chi connectivity index (χ0n) is 13.2. The molecule has 1 heterocycles. The molecule has 0 radical (unpaired) electrons. The summed E-state index contributed by atoms with van der Waals surface area (Å²) in [6.45, 7) is 1.60. The molecule has 1 saturated heterocycles. The van der Waals surface area contributed by atoms with Crippen LogP contribution in [0.1, 0.15) is 23.6 Å². The smallest absolute Gasteiger partial charge is 0.319 e. The Morgan fingerprint density at radius 2 is 1.92 bits per heavy atom.